The molecule has 0 aromatic carbocycles. The molecule has 1 saturated carbocycles. The average Bonchev–Trinajstić information content (AvgIpc) is 2.42. The van der Waals surface area contributed by atoms with Crippen molar-refractivity contribution in [3.05, 3.63) is 11.1 Å². The third-order valence-electron chi connectivity index (χ3n) is 1.67. The Morgan fingerprint density at radius 1 is 1.89 bits per heavy atom. The number of nitrogens with one attached hydrogen (secondary N) is 1. The molecule has 0 aromatic rings. The lowest BCUT2D eigenvalue weighted by Crippen LogP contribution is -2.18. The maximum atomic E-state index is 3.73. The van der Waals surface area contributed by atoms with Crippen LogP contribution in [-0.2, 0) is 0 Å². The molecule has 2 atom stereocenters. The predicted molar refractivity (Wildman–Crippen MR) is 43.6 cm³/mol. The van der Waals surface area contributed by atoms with Crippen LogP contribution < -0.4 is 5.32 Å². The van der Waals surface area contributed by atoms with E-state index in [1.807, 2.05) is 0 Å². The summed E-state index contributed by atoms with van der Waals surface area (Å²) in [6, 6.07) is 0.763. The van der Waals surface area contributed by atoms with Gasteiger partial charge in [-0.2, -0.15) is 0 Å². The molecular formula is C7H12BrN. The topological polar surface area (TPSA) is 12.0 Å². The van der Waals surface area contributed by atoms with Gasteiger partial charge in [0.05, 0.1) is 0 Å². The Hall–Kier alpha value is 0.180. The van der Waals surface area contributed by atoms with Crippen LogP contribution in [0.5, 0.6) is 0 Å². The standard InChI is InChI=1S/C7H12BrN/c1-5-3-7(5)9-4-6(2)8/h5,7,9H,2-4H2,1H3. The van der Waals surface area contributed by atoms with Gasteiger partial charge in [0.25, 0.3) is 0 Å². The summed E-state index contributed by atoms with van der Waals surface area (Å²) in [7, 11) is 0. The van der Waals surface area contributed by atoms with Gasteiger partial charge >= 0.3 is 0 Å². The lowest BCUT2D eigenvalue weighted by molar-refractivity contribution is 0.703. The number of rotatable bonds is 3. The van der Waals surface area contributed by atoms with Crippen LogP contribution in [0.2, 0.25) is 0 Å². The largest absolute Gasteiger partial charge is 0.309 e. The molecule has 0 amide bonds. The SMILES string of the molecule is C=C(Br)CNC1CC1C. The molecule has 0 heterocycles. The van der Waals surface area contributed by atoms with Gasteiger partial charge in [0.1, 0.15) is 0 Å². The molecule has 0 aliphatic heterocycles. The zero-order chi connectivity index (χ0) is 6.85. The van der Waals surface area contributed by atoms with Crippen molar-refractivity contribution in [1.29, 1.82) is 0 Å². The second kappa shape index (κ2) is 2.84. The minimum absolute atomic E-state index is 0.763. The third-order valence-corrected chi connectivity index (χ3v) is 1.95. The Balaban J connectivity index is 2.00. The first-order valence-corrected chi connectivity index (χ1v) is 4.06. The van der Waals surface area contributed by atoms with Crippen molar-refractivity contribution in [2.24, 2.45) is 5.92 Å². The molecule has 0 bridgehead atoms. The fraction of sp³-hybridized carbons (Fsp3) is 0.714. The molecule has 0 aromatic heterocycles. The van der Waals surface area contributed by atoms with Crippen molar-refractivity contribution in [2.45, 2.75) is 19.4 Å². The highest BCUT2D eigenvalue weighted by molar-refractivity contribution is 9.11. The van der Waals surface area contributed by atoms with Crippen LogP contribution in [0.15, 0.2) is 11.1 Å². The van der Waals surface area contributed by atoms with E-state index in [1.54, 1.807) is 0 Å². The summed E-state index contributed by atoms with van der Waals surface area (Å²) >= 11 is 3.29. The normalized spacial score (nSPS) is 32.2. The van der Waals surface area contributed by atoms with Crippen molar-refractivity contribution >= 4 is 15.9 Å². The van der Waals surface area contributed by atoms with Gasteiger partial charge in [-0.15, -0.1) is 0 Å². The molecule has 1 aliphatic rings. The van der Waals surface area contributed by atoms with E-state index in [9.17, 15) is 0 Å². The van der Waals surface area contributed by atoms with Crippen LogP contribution >= 0.6 is 15.9 Å². The minimum Gasteiger partial charge on any atom is -0.309 e. The van der Waals surface area contributed by atoms with Crippen molar-refractivity contribution < 1.29 is 0 Å². The van der Waals surface area contributed by atoms with Crippen LogP contribution in [0.3, 0.4) is 0 Å². The summed E-state index contributed by atoms with van der Waals surface area (Å²) in [5, 5.41) is 3.36. The van der Waals surface area contributed by atoms with Crippen molar-refractivity contribution in [2.75, 3.05) is 6.54 Å². The first kappa shape index (κ1) is 7.29. The summed E-state index contributed by atoms with van der Waals surface area (Å²) in [6.07, 6.45) is 1.33. The zero-order valence-corrected chi connectivity index (χ0v) is 7.24. The van der Waals surface area contributed by atoms with Gasteiger partial charge in [0.15, 0.2) is 0 Å². The van der Waals surface area contributed by atoms with Crippen LogP contribution in [-0.4, -0.2) is 12.6 Å². The van der Waals surface area contributed by atoms with Gasteiger partial charge in [0, 0.05) is 17.1 Å². The van der Waals surface area contributed by atoms with Crippen LogP contribution in [0.1, 0.15) is 13.3 Å². The van der Waals surface area contributed by atoms with Gasteiger partial charge in [-0.05, 0) is 12.3 Å². The Morgan fingerprint density at radius 2 is 2.44 bits per heavy atom. The summed E-state index contributed by atoms with van der Waals surface area (Å²) in [4.78, 5) is 0. The highest BCUT2D eigenvalue weighted by Gasteiger charge is 2.31. The molecule has 0 spiro atoms. The summed E-state index contributed by atoms with van der Waals surface area (Å²) in [5.41, 5.74) is 0. The molecule has 9 heavy (non-hydrogen) atoms. The van der Waals surface area contributed by atoms with E-state index in [4.69, 9.17) is 0 Å². The van der Waals surface area contributed by atoms with Gasteiger partial charge in [-0.1, -0.05) is 29.4 Å². The highest BCUT2D eigenvalue weighted by atomic mass is 79.9. The quantitative estimate of drug-likeness (QED) is 0.716. The lowest BCUT2D eigenvalue weighted by atomic mass is 10.5. The molecule has 2 heteroatoms. The highest BCUT2D eigenvalue weighted by Crippen LogP contribution is 2.28. The fourth-order valence-corrected chi connectivity index (χ4v) is 1.01. The predicted octanol–water partition coefficient (Wildman–Crippen LogP) is 1.89. The fourth-order valence-electron chi connectivity index (χ4n) is 0.848. The summed E-state index contributed by atoms with van der Waals surface area (Å²) in [6.45, 7) is 6.90. The molecule has 0 radical (unpaired) electrons. The van der Waals surface area contributed by atoms with Gasteiger partial charge in [-0.25, -0.2) is 0 Å². The van der Waals surface area contributed by atoms with E-state index < -0.39 is 0 Å². The van der Waals surface area contributed by atoms with Gasteiger partial charge in [0.2, 0.25) is 0 Å². The maximum Gasteiger partial charge on any atom is 0.0268 e. The zero-order valence-electron chi connectivity index (χ0n) is 5.65. The Labute approximate surface area is 64.7 Å². The molecule has 1 N–H and O–H groups in total. The van der Waals surface area contributed by atoms with Crippen molar-refractivity contribution in [3.63, 3.8) is 0 Å². The van der Waals surface area contributed by atoms with Crippen LogP contribution in [0, 0.1) is 5.92 Å². The molecule has 0 saturated heterocycles. The monoisotopic (exact) mass is 189 g/mol. The lowest BCUT2D eigenvalue weighted by Gasteiger charge is -1.98. The van der Waals surface area contributed by atoms with Crippen molar-refractivity contribution in [1.82, 2.24) is 5.32 Å². The van der Waals surface area contributed by atoms with E-state index >= 15 is 0 Å². The molecule has 1 fully saturated rings. The van der Waals surface area contributed by atoms with E-state index in [0.29, 0.717) is 0 Å². The second-order valence-electron chi connectivity index (χ2n) is 2.72. The van der Waals surface area contributed by atoms with E-state index in [-0.39, 0.29) is 0 Å². The molecular weight excluding hydrogens is 178 g/mol. The first-order chi connectivity index (χ1) is 4.20. The minimum atomic E-state index is 0.763. The van der Waals surface area contributed by atoms with E-state index in [0.717, 1.165) is 23.0 Å². The first-order valence-electron chi connectivity index (χ1n) is 3.27. The average molecular weight is 190 g/mol. The van der Waals surface area contributed by atoms with E-state index in [1.165, 1.54) is 6.42 Å². The Morgan fingerprint density at radius 3 is 2.78 bits per heavy atom. The van der Waals surface area contributed by atoms with Crippen LogP contribution in [0.4, 0.5) is 0 Å². The third kappa shape index (κ3) is 2.50. The second-order valence-corrected chi connectivity index (χ2v) is 3.84. The summed E-state index contributed by atoms with van der Waals surface area (Å²) < 4.78 is 1.04. The van der Waals surface area contributed by atoms with Crippen molar-refractivity contribution in [3.8, 4) is 0 Å². The maximum absolute atomic E-state index is 3.73. The number of hydrogen-bond acceptors (Lipinski definition) is 1. The molecule has 2 unspecified atom stereocenters. The van der Waals surface area contributed by atoms with Gasteiger partial charge in [-0.3, -0.25) is 0 Å². The number of halogens is 1. The number of hydrogen-bond donors (Lipinski definition) is 1. The molecule has 1 aliphatic carbocycles. The molecule has 1 rings (SSSR count). The van der Waals surface area contributed by atoms with E-state index in [2.05, 4.69) is 34.7 Å². The Bertz CT molecular complexity index is 122. The smallest absolute Gasteiger partial charge is 0.0268 e. The van der Waals surface area contributed by atoms with Gasteiger partial charge < -0.3 is 5.32 Å². The van der Waals surface area contributed by atoms with Crippen LogP contribution in [0.25, 0.3) is 0 Å². The molecule has 1 nitrogen and oxygen atoms in total. The Kier molecular flexibility index (Phi) is 2.30. The summed E-state index contributed by atoms with van der Waals surface area (Å²) in [5.74, 6) is 0.886. The molecule has 52 valence electrons.